The number of nitrogens with zero attached hydrogens (tertiary/aromatic N) is 1. The van der Waals surface area contributed by atoms with Gasteiger partial charge in [-0.2, -0.15) is 0 Å². The Morgan fingerprint density at radius 2 is 1.83 bits per heavy atom. The van der Waals surface area contributed by atoms with Crippen LogP contribution in [0.2, 0.25) is 0 Å². The largest absolute Gasteiger partial charge is 0.382 e. The van der Waals surface area contributed by atoms with Crippen molar-refractivity contribution in [2.75, 3.05) is 18.1 Å². The van der Waals surface area contributed by atoms with Gasteiger partial charge in [0.05, 0.1) is 21.6 Å². The summed E-state index contributed by atoms with van der Waals surface area (Å²) < 4.78 is 36.4. The van der Waals surface area contributed by atoms with Crippen molar-refractivity contribution in [3.63, 3.8) is 0 Å². The third-order valence-corrected chi connectivity index (χ3v) is 4.37. The molecule has 0 saturated carbocycles. The van der Waals surface area contributed by atoms with Gasteiger partial charge < -0.3 is 5.32 Å². The van der Waals surface area contributed by atoms with Gasteiger partial charge in [0, 0.05) is 18.9 Å². The maximum Gasteiger partial charge on any atom is 0.272 e. The van der Waals surface area contributed by atoms with Gasteiger partial charge in [0.25, 0.3) is 5.69 Å². The van der Waals surface area contributed by atoms with Crippen molar-refractivity contribution in [2.45, 2.75) is 11.3 Å². The fraction of sp³-hybridized carbons (Fsp3) is 0.200. The van der Waals surface area contributed by atoms with Gasteiger partial charge in [0.2, 0.25) is 0 Å². The maximum absolute atomic E-state index is 13.7. The zero-order chi connectivity index (χ0) is 17.0. The summed E-state index contributed by atoms with van der Waals surface area (Å²) in [6, 6.07) is 9.86. The van der Waals surface area contributed by atoms with Crippen molar-refractivity contribution in [3.8, 4) is 0 Å². The summed E-state index contributed by atoms with van der Waals surface area (Å²) in [4.78, 5) is 10.1. The first kappa shape index (κ1) is 16.9. The molecule has 0 spiro atoms. The number of halogens is 1. The average Bonchev–Trinajstić information content (AvgIpc) is 2.48. The summed E-state index contributed by atoms with van der Waals surface area (Å²) in [5.41, 5.74) is 0.778. The molecule has 0 bridgehead atoms. The van der Waals surface area contributed by atoms with Crippen LogP contribution in [0.25, 0.3) is 0 Å². The predicted octanol–water partition coefficient (Wildman–Crippen LogP) is 2.79. The topological polar surface area (TPSA) is 89.3 Å². The van der Waals surface area contributed by atoms with E-state index in [0.29, 0.717) is 13.0 Å². The van der Waals surface area contributed by atoms with Crippen molar-refractivity contribution in [1.82, 2.24) is 0 Å². The molecule has 0 aliphatic carbocycles. The lowest BCUT2D eigenvalue weighted by atomic mass is 10.1. The smallest absolute Gasteiger partial charge is 0.272 e. The number of non-ortho nitro benzene ring substituents is 1. The number of nitro benzene ring substituents is 1. The van der Waals surface area contributed by atoms with Crippen molar-refractivity contribution >= 4 is 21.2 Å². The molecule has 0 heterocycles. The van der Waals surface area contributed by atoms with Gasteiger partial charge in [-0.15, -0.1) is 0 Å². The highest BCUT2D eigenvalue weighted by Gasteiger charge is 2.10. The number of anilines is 1. The lowest BCUT2D eigenvalue weighted by Crippen LogP contribution is -2.07. The Kier molecular flexibility index (Phi) is 4.95. The fourth-order valence-electron chi connectivity index (χ4n) is 2.01. The van der Waals surface area contributed by atoms with E-state index in [1.807, 2.05) is 0 Å². The average molecular weight is 338 g/mol. The van der Waals surface area contributed by atoms with Crippen molar-refractivity contribution in [1.29, 1.82) is 0 Å². The van der Waals surface area contributed by atoms with E-state index in [1.165, 1.54) is 24.3 Å². The third-order valence-electron chi connectivity index (χ3n) is 3.24. The van der Waals surface area contributed by atoms with E-state index in [9.17, 15) is 22.9 Å². The normalized spacial score (nSPS) is 11.2. The van der Waals surface area contributed by atoms with Crippen LogP contribution in [0.5, 0.6) is 0 Å². The molecule has 23 heavy (non-hydrogen) atoms. The minimum Gasteiger partial charge on any atom is -0.382 e. The van der Waals surface area contributed by atoms with Crippen LogP contribution in [0.1, 0.15) is 5.56 Å². The lowest BCUT2D eigenvalue weighted by Gasteiger charge is -2.08. The quantitative estimate of drug-likeness (QED) is 0.646. The van der Waals surface area contributed by atoms with E-state index in [1.54, 1.807) is 12.1 Å². The Morgan fingerprint density at radius 3 is 2.35 bits per heavy atom. The standard InChI is InChI=1S/C15H15FN2O4S/c1-23(21,22)13-5-2-11(3-6-13)8-9-17-15-7-4-12(18(19)20)10-14(15)16/h2-7,10,17H,8-9H2,1H3. The van der Waals surface area contributed by atoms with Crippen LogP contribution in [0.4, 0.5) is 15.8 Å². The van der Waals surface area contributed by atoms with E-state index in [0.717, 1.165) is 17.9 Å². The van der Waals surface area contributed by atoms with E-state index in [4.69, 9.17) is 0 Å². The molecule has 0 amide bonds. The number of nitrogens with one attached hydrogen (secondary N) is 1. The SMILES string of the molecule is CS(=O)(=O)c1ccc(CCNc2ccc([N+](=O)[O-])cc2F)cc1. The first-order chi connectivity index (χ1) is 10.8. The molecule has 122 valence electrons. The van der Waals surface area contributed by atoms with Crippen LogP contribution < -0.4 is 5.32 Å². The first-order valence-corrected chi connectivity index (χ1v) is 8.63. The molecule has 0 aliphatic rings. The molecule has 6 nitrogen and oxygen atoms in total. The van der Waals surface area contributed by atoms with Crippen LogP contribution in [-0.2, 0) is 16.3 Å². The molecule has 0 radical (unpaired) electrons. The predicted molar refractivity (Wildman–Crippen MR) is 84.8 cm³/mol. The molecule has 0 saturated heterocycles. The van der Waals surface area contributed by atoms with Crippen molar-refractivity contribution in [2.24, 2.45) is 0 Å². The second-order valence-corrected chi connectivity index (χ2v) is 7.03. The minimum absolute atomic E-state index is 0.184. The minimum atomic E-state index is -3.22. The van der Waals surface area contributed by atoms with Crippen molar-refractivity contribution < 1.29 is 17.7 Å². The van der Waals surface area contributed by atoms with Gasteiger partial charge in [-0.3, -0.25) is 10.1 Å². The lowest BCUT2D eigenvalue weighted by molar-refractivity contribution is -0.385. The first-order valence-electron chi connectivity index (χ1n) is 6.74. The van der Waals surface area contributed by atoms with Gasteiger partial charge in [-0.1, -0.05) is 12.1 Å². The fourth-order valence-corrected chi connectivity index (χ4v) is 2.64. The number of hydrogen-bond acceptors (Lipinski definition) is 5. The molecule has 0 fully saturated rings. The zero-order valence-electron chi connectivity index (χ0n) is 12.3. The van der Waals surface area contributed by atoms with Crippen LogP contribution >= 0.6 is 0 Å². The number of sulfone groups is 1. The number of nitro groups is 1. The molecule has 8 heteroatoms. The molecule has 0 aliphatic heterocycles. The number of hydrogen-bond donors (Lipinski definition) is 1. The third kappa shape index (κ3) is 4.49. The number of rotatable bonds is 6. The van der Waals surface area contributed by atoms with Crippen molar-refractivity contribution in [3.05, 3.63) is 64.0 Å². The van der Waals surface area contributed by atoms with Gasteiger partial charge in [0.15, 0.2) is 15.7 Å². The Hall–Kier alpha value is -2.48. The Morgan fingerprint density at radius 1 is 1.17 bits per heavy atom. The molecule has 2 rings (SSSR count). The van der Waals surface area contributed by atoms with E-state index in [2.05, 4.69) is 5.32 Å². The van der Waals surface area contributed by atoms with E-state index < -0.39 is 20.6 Å². The van der Waals surface area contributed by atoms with Crippen LogP contribution in [0.3, 0.4) is 0 Å². The van der Waals surface area contributed by atoms with Gasteiger partial charge >= 0.3 is 0 Å². The van der Waals surface area contributed by atoms with Gasteiger partial charge in [-0.25, -0.2) is 12.8 Å². The monoisotopic (exact) mass is 338 g/mol. The van der Waals surface area contributed by atoms with E-state index in [-0.39, 0.29) is 16.3 Å². The van der Waals surface area contributed by atoms with Crippen LogP contribution in [0, 0.1) is 15.9 Å². The van der Waals surface area contributed by atoms with Gasteiger partial charge in [-0.05, 0) is 30.2 Å². The second kappa shape index (κ2) is 6.74. The van der Waals surface area contributed by atoms with E-state index >= 15 is 0 Å². The van der Waals surface area contributed by atoms with Gasteiger partial charge in [0.1, 0.15) is 0 Å². The molecule has 0 atom stereocenters. The summed E-state index contributed by atoms with van der Waals surface area (Å²) in [5.74, 6) is -0.688. The Balaban J connectivity index is 1.96. The zero-order valence-corrected chi connectivity index (χ0v) is 13.1. The molecular weight excluding hydrogens is 323 g/mol. The summed E-state index contributed by atoms with van der Waals surface area (Å²) in [7, 11) is -3.22. The van der Waals surface area contributed by atoms with Crippen LogP contribution in [0.15, 0.2) is 47.4 Å². The Labute approximate surface area is 133 Å². The summed E-state index contributed by atoms with van der Waals surface area (Å²) >= 11 is 0. The molecule has 2 aromatic rings. The molecule has 2 aromatic carbocycles. The number of benzene rings is 2. The summed E-state index contributed by atoms with van der Waals surface area (Å²) in [6.45, 7) is 0.410. The highest BCUT2D eigenvalue weighted by atomic mass is 32.2. The highest BCUT2D eigenvalue weighted by Crippen LogP contribution is 2.20. The van der Waals surface area contributed by atoms with Crippen LogP contribution in [-0.4, -0.2) is 26.1 Å². The summed E-state index contributed by atoms with van der Waals surface area (Å²) in [5, 5.41) is 13.4. The summed E-state index contributed by atoms with van der Waals surface area (Å²) in [6.07, 6.45) is 1.70. The Bertz CT molecular complexity index is 820. The second-order valence-electron chi connectivity index (χ2n) is 5.01. The highest BCUT2D eigenvalue weighted by molar-refractivity contribution is 7.90. The molecular formula is C15H15FN2O4S. The maximum atomic E-state index is 13.7. The molecule has 1 N–H and O–H groups in total. The molecule has 0 unspecified atom stereocenters. The molecule has 0 aromatic heterocycles.